The van der Waals surface area contributed by atoms with Crippen LogP contribution in [0.1, 0.15) is 32.5 Å². The van der Waals surface area contributed by atoms with Gasteiger partial charge in [0.05, 0.1) is 13.2 Å². The number of carbonyl (C=O) groups is 2. The van der Waals surface area contributed by atoms with Crippen LogP contribution in [0.3, 0.4) is 0 Å². The van der Waals surface area contributed by atoms with Gasteiger partial charge in [0.1, 0.15) is 11.9 Å². The van der Waals surface area contributed by atoms with Crippen molar-refractivity contribution in [2.45, 2.75) is 38.8 Å². The maximum Gasteiger partial charge on any atom is 0.402 e. The summed E-state index contributed by atoms with van der Waals surface area (Å²) < 4.78 is 3.71. The number of aliphatic hydroxyl groups is 1. The topological polar surface area (TPSA) is 82.0 Å². The van der Waals surface area contributed by atoms with E-state index in [0.717, 1.165) is 10.6 Å². The minimum absolute atomic E-state index is 0.0249. The SMILES string of the molecule is CN1C(=O)C2C(=Nc3n(CCO)c(C(C)(C)C)c[n+]32)N(C)C1=O. The first-order valence-corrected chi connectivity index (χ1v) is 7.58. The van der Waals surface area contributed by atoms with Gasteiger partial charge in [0.2, 0.25) is 11.9 Å². The highest BCUT2D eigenvalue weighted by Crippen LogP contribution is 2.32. The number of imidazole rings is 1. The molecule has 3 rings (SSSR count). The third-order valence-corrected chi connectivity index (χ3v) is 4.34. The minimum Gasteiger partial charge on any atom is -0.393 e. The number of fused-ring (bicyclic) bond motifs is 3. The minimum atomic E-state index is -0.626. The molecular formula is C15H22N5O3+. The van der Waals surface area contributed by atoms with Crippen molar-refractivity contribution in [1.29, 1.82) is 0 Å². The normalized spacial score (nSPS) is 20.8. The Morgan fingerprint density at radius 3 is 2.48 bits per heavy atom. The fourth-order valence-corrected chi connectivity index (χ4v) is 3.11. The lowest BCUT2D eigenvalue weighted by Crippen LogP contribution is -2.61. The van der Waals surface area contributed by atoms with Crippen molar-refractivity contribution in [3.05, 3.63) is 11.9 Å². The molecule has 2 aliphatic rings. The van der Waals surface area contributed by atoms with Crippen LogP contribution in [0.15, 0.2) is 11.2 Å². The number of rotatable bonds is 2. The zero-order valence-corrected chi connectivity index (χ0v) is 14.1. The van der Waals surface area contributed by atoms with Crippen molar-refractivity contribution in [2.75, 3.05) is 20.7 Å². The first-order chi connectivity index (χ1) is 10.7. The molecule has 3 amide bonds. The summed E-state index contributed by atoms with van der Waals surface area (Å²) in [6.45, 7) is 6.58. The lowest BCUT2D eigenvalue weighted by Gasteiger charge is -2.30. The Morgan fingerprint density at radius 1 is 1.26 bits per heavy atom. The van der Waals surface area contributed by atoms with E-state index in [-0.39, 0.29) is 24.0 Å². The molecule has 1 aromatic heterocycles. The van der Waals surface area contributed by atoms with E-state index in [4.69, 9.17) is 0 Å². The molecule has 1 fully saturated rings. The first kappa shape index (κ1) is 15.7. The van der Waals surface area contributed by atoms with Crippen molar-refractivity contribution < 1.29 is 19.3 Å². The summed E-state index contributed by atoms with van der Waals surface area (Å²) in [7, 11) is 3.09. The molecule has 0 aromatic carbocycles. The maximum atomic E-state index is 12.6. The van der Waals surface area contributed by atoms with Gasteiger partial charge in [-0.2, -0.15) is 0 Å². The van der Waals surface area contributed by atoms with E-state index in [2.05, 4.69) is 25.8 Å². The Balaban J connectivity index is 2.19. The second kappa shape index (κ2) is 4.89. The molecule has 8 heteroatoms. The summed E-state index contributed by atoms with van der Waals surface area (Å²) in [5, 5.41) is 9.39. The quantitative estimate of drug-likeness (QED) is 0.789. The Labute approximate surface area is 134 Å². The van der Waals surface area contributed by atoms with Crippen molar-refractivity contribution in [2.24, 2.45) is 4.99 Å². The zero-order valence-electron chi connectivity index (χ0n) is 14.1. The lowest BCUT2D eigenvalue weighted by atomic mass is 9.92. The zero-order chi connectivity index (χ0) is 17.1. The van der Waals surface area contributed by atoms with E-state index in [1.54, 1.807) is 11.6 Å². The maximum absolute atomic E-state index is 12.6. The summed E-state index contributed by atoms with van der Waals surface area (Å²) in [6, 6.07) is -1.01. The molecule has 0 aliphatic carbocycles. The molecule has 1 saturated heterocycles. The van der Waals surface area contributed by atoms with Gasteiger partial charge in [0.25, 0.3) is 5.91 Å². The van der Waals surface area contributed by atoms with Gasteiger partial charge in [-0.1, -0.05) is 25.8 Å². The largest absolute Gasteiger partial charge is 0.402 e. The van der Waals surface area contributed by atoms with E-state index in [1.165, 1.54) is 11.9 Å². The van der Waals surface area contributed by atoms with Crippen LogP contribution in [-0.4, -0.2) is 57.9 Å². The monoisotopic (exact) mass is 320 g/mol. The molecule has 8 nitrogen and oxygen atoms in total. The van der Waals surface area contributed by atoms with Crippen LogP contribution >= 0.6 is 0 Å². The van der Waals surface area contributed by atoms with Crippen LogP contribution in [-0.2, 0) is 16.8 Å². The number of imide groups is 1. The van der Waals surface area contributed by atoms with Crippen LogP contribution in [0, 0.1) is 0 Å². The molecule has 1 aromatic rings. The predicted octanol–water partition coefficient (Wildman–Crippen LogP) is 0.174. The number of likely N-dealkylation sites (N-methyl/N-ethyl adjacent to an activating group) is 2. The Bertz CT molecular complexity index is 728. The average molecular weight is 320 g/mol. The molecule has 23 heavy (non-hydrogen) atoms. The molecule has 124 valence electrons. The van der Waals surface area contributed by atoms with E-state index >= 15 is 0 Å². The van der Waals surface area contributed by atoms with E-state index < -0.39 is 6.04 Å². The predicted molar refractivity (Wildman–Crippen MR) is 82.5 cm³/mol. The first-order valence-electron chi connectivity index (χ1n) is 7.58. The van der Waals surface area contributed by atoms with Gasteiger partial charge in [0.15, 0.2) is 0 Å². The van der Waals surface area contributed by atoms with Gasteiger partial charge in [-0.15, -0.1) is 0 Å². The number of hydrogen-bond donors (Lipinski definition) is 1. The fraction of sp³-hybridized carbons (Fsp3) is 0.600. The van der Waals surface area contributed by atoms with Gasteiger partial charge in [-0.25, -0.2) is 13.9 Å². The number of amidine groups is 1. The fourth-order valence-electron chi connectivity index (χ4n) is 3.11. The number of carbonyl (C=O) groups excluding carboxylic acids is 2. The van der Waals surface area contributed by atoms with Crippen LogP contribution in [0.5, 0.6) is 0 Å². The summed E-state index contributed by atoms with van der Waals surface area (Å²) in [6.07, 6.45) is 1.90. The third kappa shape index (κ3) is 2.08. The summed E-state index contributed by atoms with van der Waals surface area (Å²) in [5.74, 6) is 0.727. The van der Waals surface area contributed by atoms with Crippen LogP contribution in [0.25, 0.3) is 0 Å². The Morgan fingerprint density at radius 2 is 1.91 bits per heavy atom. The molecule has 1 N–H and O–H groups in total. The summed E-state index contributed by atoms with van der Waals surface area (Å²) >= 11 is 0. The third-order valence-electron chi connectivity index (χ3n) is 4.34. The van der Waals surface area contributed by atoms with Crippen LogP contribution in [0.2, 0.25) is 0 Å². The summed E-state index contributed by atoms with van der Waals surface area (Å²) in [5.41, 5.74) is 0.826. The van der Waals surface area contributed by atoms with Gasteiger partial charge >= 0.3 is 12.0 Å². The molecule has 0 spiro atoms. The van der Waals surface area contributed by atoms with Gasteiger partial charge in [-0.3, -0.25) is 14.6 Å². The molecule has 0 bridgehead atoms. The van der Waals surface area contributed by atoms with Crippen molar-refractivity contribution in [3.8, 4) is 0 Å². The number of hydrogen-bond acceptors (Lipinski definition) is 4. The number of urea groups is 1. The second-order valence-corrected chi connectivity index (χ2v) is 6.96. The molecule has 1 unspecified atom stereocenters. The molecule has 3 heterocycles. The highest BCUT2D eigenvalue weighted by atomic mass is 16.3. The smallest absolute Gasteiger partial charge is 0.393 e. The highest BCUT2D eigenvalue weighted by molar-refractivity contribution is 6.18. The van der Waals surface area contributed by atoms with E-state index in [1.807, 2.05) is 10.8 Å². The van der Waals surface area contributed by atoms with Crippen LogP contribution in [0.4, 0.5) is 10.7 Å². The van der Waals surface area contributed by atoms with E-state index in [9.17, 15) is 14.7 Å². The number of aliphatic hydroxyl groups excluding tert-OH is 1. The highest BCUT2D eigenvalue weighted by Gasteiger charge is 2.52. The van der Waals surface area contributed by atoms with E-state index in [0.29, 0.717) is 18.3 Å². The van der Waals surface area contributed by atoms with Gasteiger partial charge in [-0.05, 0) is 0 Å². The van der Waals surface area contributed by atoms with Crippen molar-refractivity contribution in [3.63, 3.8) is 0 Å². The summed E-state index contributed by atoms with van der Waals surface area (Å²) in [4.78, 5) is 31.7. The molecular weight excluding hydrogens is 298 g/mol. The lowest BCUT2D eigenvalue weighted by molar-refractivity contribution is -0.677. The number of amides is 3. The van der Waals surface area contributed by atoms with Gasteiger partial charge in [0, 0.05) is 19.5 Å². The molecule has 1 atom stereocenters. The number of nitrogens with zero attached hydrogens (tertiary/aromatic N) is 5. The standard InChI is InChI=1S/C15H22N5O3/c1-15(2,3)9-8-20-10-11(16-13(20)19(9)6-7-21)17(4)14(23)18(5)12(10)22/h8,10,21H,6-7H2,1-5H3/q+1. The second-order valence-electron chi connectivity index (χ2n) is 6.96. The number of aromatic nitrogens is 2. The number of aliphatic imine (C=N–C) groups is 1. The Hall–Kier alpha value is -2.22. The Kier molecular flexibility index (Phi) is 3.33. The average Bonchev–Trinajstić information content (AvgIpc) is 3.00. The van der Waals surface area contributed by atoms with Crippen molar-refractivity contribution >= 4 is 23.7 Å². The van der Waals surface area contributed by atoms with Gasteiger partial charge < -0.3 is 5.11 Å². The van der Waals surface area contributed by atoms with Crippen molar-refractivity contribution in [1.82, 2.24) is 14.4 Å². The molecule has 0 saturated carbocycles. The molecule has 0 radical (unpaired) electrons. The molecule has 2 aliphatic heterocycles. The van der Waals surface area contributed by atoms with Crippen LogP contribution < -0.4 is 4.57 Å².